The van der Waals surface area contributed by atoms with Crippen molar-refractivity contribution < 1.29 is 19.1 Å². The number of amides is 2. The molecule has 0 bridgehead atoms. The zero-order valence-electron chi connectivity index (χ0n) is 20.2. The van der Waals surface area contributed by atoms with Gasteiger partial charge in [0.05, 0.1) is 15.7 Å². The van der Waals surface area contributed by atoms with Crippen molar-refractivity contribution in [2.24, 2.45) is 5.10 Å². The van der Waals surface area contributed by atoms with Crippen LogP contribution in [0.4, 0.5) is 0 Å². The molecular formula is C27H23BrCl2N4O4. The molecule has 11 heteroatoms. The molecule has 2 N–H and O–H groups in total. The summed E-state index contributed by atoms with van der Waals surface area (Å²) in [7, 11) is 0. The molecule has 3 rings (SSSR count). The van der Waals surface area contributed by atoms with Gasteiger partial charge in [-0.05, 0) is 70.4 Å². The predicted molar refractivity (Wildman–Crippen MR) is 150 cm³/mol. The standard InChI is InChI=1S/C27H23BrCl2N4O4/c1-17(38-25-10-8-20(29)15-22(25)30)26(35)33-23(14-18-5-3-2-4-6-18)27(36)34-32-16-19-7-9-24(21(28)13-19)37-12-11-31/h2-10,13,15-17,23H,12,14H2,1H3,(H,33,35)(H,34,36)/b32-16-/t17-,23+/m0/s1. The first-order chi connectivity index (χ1) is 18.3. The number of ether oxygens (including phenoxy) is 2. The Balaban J connectivity index is 1.67. The van der Waals surface area contributed by atoms with Crippen LogP contribution in [0.1, 0.15) is 18.1 Å². The maximum Gasteiger partial charge on any atom is 0.262 e. The number of hydrazone groups is 1. The highest BCUT2D eigenvalue weighted by Crippen LogP contribution is 2.28. The minimum absolute atomic E-state index is 0.0764. The third-order valence-corrected chi connectivity index (χ3v) is 6.27. The van der Waals surface area contributed by atoms with Crippen molar-refractivity contribution in [3.63, 3.8) is 0 Å². The number of hydrogen-bond donors (Lipinski definition) is 2. The molecule has 2 amide bonds. The average Bonchev–Trinajstić information content (AvgIpc) is 2.90. The lowest BCUT2D eigenvalue weighted by Gasteiger charge is -2.21. The minimum atomic E-state index is -0.942. The molecule has 0 unspecified atom stereocenters. The Bertz CT molecular complexity index is 1350. The van der Waals surface area contributed by atoms with Crippen LogP contribution < -0.4 is 20.2 Å². The number of carbonyl (C=O) groups excluding carboxylic acids is 2. The molecule has 0 radical (unpaired) electrons. The summed E-state index contributed by atoms with van der Waals surface area (Å²) in [6, 6.07) is 20.1. The molecule has 0 fully saturated rings. The first-order valence-corrected chi connectivity index (χ1v) is 12.9. The Morgan fingerprint density at radius 2 is 1.82 bits per heavy atom. The second-order valence-corrected chi connectivity index (χ2v) is 9.65. The van der Waals surface area contributed by atoms with Crippen LogP contribution in [0, 0.1) is 11.3 Å². The molecule has 0 spiro atoms. The van der Waals surface area contributed by atoms with Crippen LogP contribution in [0.15, 0.2) is 76.3 Å². The summed E-state index contributed by atoms with van der Waals surface area (Å²) < 4.78 is 11.6. The van der Waals surface area contributed by atoms with Crippen molar-refractivity contribution in [2.45, 2.75) is 25.5 Å². The monoisotopic (exact) mass is 616 g/mol. The fraction of sp³-hybridized carbons (Fsp3) is 0.185. The van der Waals surface area contributed by atoms with Crippen molar-refractivity contribution in [2.75, 3.05) is 6.61 Å². The van der Waals surface area contributed by atoms with E-state index in [1.54, 1.807) is 37.3 Å². The second kappa shape index (κ2) is 14.4. The summed E-state index contributed by atoms with van der Waals surface area (Å²) in [5.74, 6) is -0.214. The lowest BCUT2D eigenvalue weighted by Crippen LogP contribution is -2.50. The average molecular weight is 618 g/mol. The summed E-state index contributed by atoms with van der Waals surface area (Å²) >= 11 is 15.4. The third kappa shape index (κ3) is 8.77. The molecule has 38 heavy (non-hydrogen) atoms. The van der Waals surface area contributed by atoms with Gasteiger partial charge in [-0.25, -0.2) is 5.43 Å². The zero-order valence-corrected chi connectivity index (χ0v) is 23.3. The van der Waals surface area contributed by atoms with Gasteiger partial charge in [-0.15, -0.1) is 0 Å². The van der Waals surface area contributed by atoms with E-state index in [1.807, 2.05) is 36.4 Å². The molecule has 0 aliphatic heterocycles. The fourth-order valence-corrected chi connectivity index (χ4v) is 4.20. The quantitative estimate of drug-likeness (QED) is 0.224. The Hall–Kier alpha value is -3.58. The summed E-state index contributed by atoms with van der Waals surface area (Å²) in [4.78, 5) is 25.9. The molecular weight excluding hydrogens is 595 g/mol. The van der Waals surface area contributed by atoms with Crippen molar-refractivity contribution in [3.8, 4) is 17.6 Å². The van der Waals surface area contributed by atoms with Gasteiger partial charge < -0.3 is 14.8 Å². The maximum atomic E-state index is 13.0. The van der Waals surface area contributed by atoms with Crippen molar-refractivity contribution in [1.82, 2.24) is 10.7 Å². The number of hydrogen-bond acceptors (Lipinski definition) is 6. The third-order valence-electron chi connectivity index (χ3n) is 5.12. The van der Waals surface area contributed by atoms with Gasteiger partial charge in [-0.3, -0.25) is 9.59 Å². The second-order valence-electron chi connectivity index (χ2n) is 7.96. The summed E-state index contributed by atoms with van der Waals surface area (Å²) in [5, 5.41) is 16.1. The number of rotatable bonds is 11. The Morgan fingerprint density at radius 1 is 1.08 bits per heavy atom. The maximum absolute atomic E-state index is 13.0. The lowest BCUT2D eigenvalue weighted by molar-refractivity contribution is -0.132. The normalized spacial score (nSPS) is 12.3. The van der Waals surface area contributed by atoms with E-state index < -0.39 is 24.0 Å². The molecule has 3 aromatic rings. The number of halogens is 3. The highest BCUT2D eigenvalue weighted by Gasteiger charge is 2.25. The Labute approximate surface area is 238 Å². The fourth-order valence-electron chi connectivity index (χ4n) is 3.24. The molecule has 3 aromatic carbocycles. The first-order valence-electron chi connectivity index (χ1n) is 11.3. The molecule has 0 saturated heterocycles. The zero-order chi connectivity index (χ0) is 27.5. The predicted octanol–water partition coefficient (Wildman–Crippen LogP) is 5.30. The largest absolute Gasteiger partial charge is 0.479 e. The van der Waals surface area contributed by atoms with E-state index in [4.69, 9.17) is 37.9 Å². The number of nitriles is 1. The van der Waals surface area contributed by atoms with Crippen molar-refractivity contribution >= 4 is 57.2 Å². The van der Waals surface area contributed by atoms with Gasteiger partial charge in [0.2, 0.25) is 0 Å². The highest BCUT2D eigenvalue weighted by atomic mass is 79.9. The summed E-state index contributed by atoms with van der Waals surface area (Å²) in [6.07, 6.45) is 0.743. The van der Waals surface area contributed by atoms with E-state index in [1.165, 1.54) is 12.3 Å². The van der Waals surface area contributed by atoms with Crippen LogP contribution >= 0.6 is 39.1 Å². The number of benzene rings is 3. The highest BCUT2D eigenvalue weighted by molar-refractivity contribution is 9.10. The number of nitrogens with one attached hydrogen (secondary N) is 2. The van der Waals surface area contributed by atoms with Gasteiger partial charge >= 0.3 is 0 Å². The summed E-state index contributed by atoms with van der Waals surface area (Å²) in [5.41, 5.74) is 4.00. The molecule has 8 nitrogen and oxygen atoms in total. The van der Waals surface area contributed by atoms with Gasteiger partial charge in [-0.2, -0.15) is 10.4 Å². The van der Waals surface area contributed by atoms with Crippen LogP contribution in [0.2, 0.25) is 10.0 Å². The lowest BCUT2D eigenvalue weighted by atomic mass is 10.1. The van der Waals surface area contributed by atoms with Gasteiger partial charge in [0.25, 0.3) is 11.8 Å². The van der Waals surface area contributed by atoms with E-state index in [9.17, 15) is 9.59 Å². The molecule has 196 valence electrons. The van der Waals surface area contributed by atoms with E-state index >= 15 is 0 Å². The van der Waals surface area contributed by atoms with Crippen molar-refractivity contribution in [3.05, 3.63) is 92.4 Å². The van der Waals surface area contributed by atoms with Gasteiger partial charge in [0, 0.05) is 11.4 Å². The van der Waals surface area contributed by atoms with Crippen LogP contribution in [-0.2, 0) is 16.0 Å². The van der Waals surface area contributed by atoms with E-state index in [-0.39, 0.29) is 18.1 Å². The van der Waals surface area contributed by atoms with Crippen LogP contribution in [0.3, 0.4) is 0 Å². The molecule has 0 heterocycles. The first kappa shape index (κ1) is 29.0. The van der Waals surface area contributed by atoms with E-state index in [0.717, 1.165) is 5.56 Å². The SMILES string of the molecule is C[C@H](Oc1ccc(Cl)cc1Cl)C(=O)N[C@H](Cc1ccccc1)C(=O)N/N=C\c1ccc(OCC#N)c(Br)c1. The van der Waals surface area contributed by atoms with E-state index in [0.29, 0.717) is 26.6 Å². The molecule has 0 aliphatic rings. The van der Waals surface area contributed by atoms with Crippen molar-refractivity contribution in [1.29, 1.82) is 5.26 Å². The smallest absolute Gasteiger partial charge is 0.262 e. The Morgan fingerprint density at radius 3 is 2.50 bits per heavy atom. The molecule has 0 aliphatic carbocycles. The summed E-state index contributed by atoms with van der Waals surface area (Å²) in [6.45, 7) is 1.48. The van der Waals surface area contributed by atoms with E-state index in [2.05, 4.69) is 31.8 Å². The number of carbonyl (C=O) groups is 2. The van der Waals surface area contributed by atoms with Gasteiger partial charge in [-0.1, -0.05) is 53.5 Å². The Kier molecular flexibility index (Phi) is 11.0. The number of nitrogens with zero attached hydrogens (tertiary/aromatic N) is 2. The topological polar surface area (TPSA) is 113 Å². The van der Waals surface area contributed by atoms with Crippen LogP contribution in [0.25, 0.3) is 0 Å². The molecule has 0 saturated carbocycles. The minimum Gasteiger partial charge on any atom is -0.479 e. The molecule has 2 atom stereocenters. The van der Waals surface area contributed by atoms with Gasteiger partial charge in [0.1, 0.15) is 23.6 Å². The van der Waals surface area contributed by atoms with Gasteiger partial charge in [0.15, 0.2) is 12.7 Å². The van der Waals surface area contributed by atoms with Crippen LogP contribution in [0.5, 0.6) is 11.5 Å². The molecule has 0 aromatic heterocycles. The van der Waals surface area contributed by atoms with Crippen LogP contribution in [-0.4, -0.2) is 36.8 Å².